The molecule has 0 spiro atoms. The quantitative estimate of drug-likeness (QED) is 0.389. The molecular weight excluding hydrogens is 118 g/mol. The molecule has 1 fully saturated rings. The van der Waals surface area contributed by atoms with E-state index in [0.29, 0.717) is 18.6 Å². The van der Waals surface area contributed by atoms with Gasteiger partial charge in [0, 0.05) is 6.42 Å². The Bertz CT molecular complexity index is 151. The molecule has 0 aliphatic heterocycles. The second kappa shape index (κ2) is 2.62. The molecule has 0 aromatic rings. The maximum atomic E-state index is 10.7. The summed E-state index contributed by atoms with van der Waals surface area (Å²) in [6, 6.07) is 0. The molecule has 0 radical (unpaired) electrons. The number of nitrogens with zero attached hydrogens (tertiary/aromatic N) is 1. The van der Waals surface area contributed by atoms with Crippen LogP contribution in [0, 0.1) is 0 Å². The fourth-order valence-corrected chi connectivity index (χ4v) is 0.967. The molecule has 0 aromatic carbocycles. The Morgan fingerprint density at radius 3 is 2.44 bits per heavy atom. The number of carbonyl (C=O) groups excluding carboxylic acids is 1. The van der Waals surface area contributed by atoms with Gasteiger partial charge in [-0.3, -0.25) is 4.79 Å². The summed E-state index contributed by atoms with van der Waals surface area (Å²) < 4.78 is 0. The van der Waals surface area contributed by atoms with Crippen molar-refractivity contribution in [1.82, 2.24) is 0 Å². The lowest BCUT2D eigenvalue weighted by Gasteiger charge is -2.07. The highest BCUT2D eigenvalue weighted by Gasteiger charge is 2.16. The average Bonchev–Trinajstić information content (AvgIpc) is 1.89. The molecule has 50 valence electrons. The minimum Gasteiger partial charge on any atom is -0.411 e. The molecule has 3 nitrogen and oxygen atoms in total. The number of rotatable bonds is 0. The second-order valence-corrected chi connectivity index (χ2v) is 2.18. The van der Waals surface area contributed by atoms with Crippen molar-refractivity contribution in [1.29, 1.82) is 0 Å². The molecule has 0 amide bonds. The predicted molar refractivity (Wildman–Crippen MR) is 32.7 cm³/mol. The van der Waals surface area contributed by atoms with Gasteiger partial charge in [-0.25, -0.2) is 0 Å². The van der Waals surface area contributed by atoms with E-state index in [4.69, 9.17) is 5.21 Å². The van der Waals surface area contributed by atoms with E-state index in [-0.39, 0.29) is 5.78 Å². The first-order valence-corrected chi connectivity index (χ1v) is 3.08. The van der Waals surface area contributed by atoms with Crippen LogP contribution in [-0.4, -0.2) is 16.7 Å². The summed E-state index contributed by atoms with van der Waals surface area (Å²) >= 11 is 0. The highest BCUT2D eigenvalue weighted by Crippen LogP contribution is 2.10. The zero-order valence-corrected chi connectivity index (χ0v) is 5.13. The molecule has 0 atom stereocenters. The molecule has 1 N–H and O–H groups in total. The van der Waals surface area contributed by atoms with E-state index in [2.05, 4.69) is 5.16 Å². The van der Waals surface area contributed by atoms with Crippen LogP contribution in [-0.2, 0) is 4.79 Å². The van der Waals surface area contributed by atoms with Crippen LogP contribution in [0.15, 0.2) is 5.16 Å². The van der Waals surface area contributed by atoms with Gasteiger partial charge in [0.25, 0.3) is 0 Å². The summed E-state index contributed by atoms with van der Waals surface area (Å²) in [6.45, 7) is 0. The lowest BCUT2D eigenvalue weighted by molar-refractivity contribution is -0.113. The van der Waals surface area contributed by atoms with Gasteiger partial charge in [0.15, 0.2) is 5.78 Å². The van der Waals surface area contributed by atoms with Gasteiger partial charge >= 0.3 is 0 Å². The fourth-order valence-electron chi connectivity index (χ4n) is 0.967. The van der Waals surface area contributed by atoms with Crippen LogP contribution in [0.4, 0.5) is 0 Å². The first-order chi connectivity index (χ1) is 4.34. The molecule has 3 heteroatoms. The van der Waals surface area contributed by atoms with Gasteiger partial charge in [0.2, 0.25) is 0 Å². The van der Waals surface area contributed by atoms with Gasteiger partial charge in [-0.05, 0) is 19.3 Å². The van der Waals surface area contributed by atoms with Crippen LogP contribution in [0.3, 0.4) is 0 Å². The molecule has 0 aromatic heterocycles. The normalized spacial score (nSPS) is 24.9. The Labute approximate surface area is 53.4 Å². The predicted octanol–water partition coefficient (Wildman–Crippen LogP) is 0.960. The molecule has 0 bridgehead atoms. The monoisotopic (exact) mass is 127 g/mol. The Kier molecular flexibility index (Phi) is 1.82. The Morgan fingerprint density at radius 2 is 2.00 bits per heavy atom. The molecule has 1 aliphatic rings. The fraction of sp³-hybridized carbons (Fsp3) is 0.667. The van der Waals surface area contributed by atoms with Gasteiger partial charge in [-0.1, -0.05) is 5.16 Å². The first kappa shape index (κ1) is 6.26. The summed E-state index contributed by atoms with van der Waals surface area (Å²) in [5, 5.41) is 11.1. The summed E-state index contributed by atoms with van der Waals surface area (Å²) in [5.74, 6) is 0.00347. The minimum absolute atomic E-state index is 0.00347. The number of hydrogen-bond acceptors (Lipinski definition) is 3. The van der Waals surface area contributed by atoms with Crippen molar-refractivity contribution < 1.29 is 10.0 Å². The van der Waals surface area contributed by atoms with Crippen molar-refractivity contribution in [3.8, 4) is 0 Å². The first-order valence-electron chi connectivity index (χ1n) is 3.08. The third-order valence-electron chi connectivity index (χ3n) is 1.51. The van der Waals surface area contributed by atoms with E-state index in [1.807, 2.05) is 0 Å². The van der Waals surface area contributed by atoms with Crippen LogP contribution >= 0.6 is 0 Å². The Morgan fingerprint density at radius 1 is 1.33 bits per heavy atom. The molecule has 1 saturated carbocycles. The van der Waals surface area contributed by atoms with Crippen molar-refractivity contribution in [3.63, 3.8) is 0 Å². The van der Waals surface area contributed by atoms with Crippen molar-refractivity contribution in [2.24, 2.45) is 5.16 Å². The van der Waals surface area contributed by atoms with Gasteiger partial charge < -0.3 is 5.21 Å². The topological polar surface area (TPSA) is 49.7 Å². The van der Waals surface area contributed by atoms with Crippen LogP contribution in [0.1, 0.15) is 25.7 Å². The Balaban J connectivity index is 2.60. The second-order valence-electron chi connectivity index (χ2n) is 2.18. The van der Waals surface area contributed by atoms with Crippen molar-refractivity contribution >= 4 is 11.5 Å². The highest BCUT2D eigenvalue weighted by atomic mass is 16.4. The SMILES string of the molecule is O=C1CCCCC1=NO. The van der Waals surface area contributed by atoms with E-state index < -0.39 is 0 Å². The van der Waals surface area contributed by atoms with Crippen molar-refractivity contribution in [3.05, 3.63) is 0 Å². The third-order valence-corrected chi connectivity index (χ3v) is 1.51. The zero-order chi connectivity index (χ0) is 6.69. The Hall–Kier alpha value is -0.860. The van der Waals surface area contributed by atoms with Crippen molar-refractivity contribution in [2.75, 3.05) is 0 Å². The summed E-state index contributed by atoms with van der Waals surface area (Å²) in [4.78, 5) is 10.7. The van der Waals surface area contributed by atoms with Gasteiger partial charge in [-0.2, -0.15) is 0 Å². The van der Waals surface area contributed by atoms with Crippen molar-refractivity contribution in [2.45, 2.75) is 25.7 Å². The molecule has 1 aliphatic carbocycles. The van der Waals surface area contributed by atoms with Crippen LogP contribution < -0.4 is 0 Å². The summed E-state index contributed by atoms with van der Waals surface area (Å²) in [7, 11) is 0. The van der Waals surface area contributed by atoms with Gasteiger partial charge in [0.1, 0.15) is 5.71 Å². The maximum absolute atomic E-state index is 10.7. The average molecular weight is 127 g/mol. The van der Waals surface area contributed by atoms with E-state index >= 15 is 0 Å². The maximum Gasteiger partial charge on any atom is 0.180 e. The lowest BCUT2D eigenvalue weighted by atomic mass is 9.97. The number of oxime groups is 1. The molecule has 0 heterocycles. The van der Waals surface area contributed by atoms with Gasteiger partial charge in [-0.15, -0.1) is 0 Å². The summed E-state index contributed by atoms with van der Waals surface area (Å²) in [6.07, 6.45) is 3.12. The number of Topliss-reactive ketones (excluding diaryl/α,β-unsaturated/α-hetero) is 1. The molecule has 0 unspecified atom stereocenters. The van der Waals surface area contributed by atoms with E-state index in [0.717, 1.165) is 12.8 Å². The van der Waals surface area contributed by atoms with Crippen LogP contribution in [0.5, 0.6) is 0 Å². The number of hydrogen-bond donors (Lipinski definition) is 1. The number of carbonyl (C=O) groups is 1. The molecular formula is C6H9NO2. The van der Waals surface area contributed by atoms with Gasteiger partial charge in [0.05, 0.1) is 0 Å². The lowest BCUT2D eigenvalue weighted by Crippen LogP contribution is -2.18. The standard InChI is InChI=1S/C6H9NO2/c8-6-4-2-1-3-5(6)7-9/h9H,1-4H2. The molecule has 1 rings (SSSR count). The van der Waals surface area contributed by atoms with Crippen LogP contribution in [0.2, 0.25) is 0 Å². The third kappa shape index (κ3) is 1.28. The minimum atomic E-state index is 0.00347. The highest BCUT2D eigenvalue weighted by molar-refractivity contribution is 6.40. The zero-order valence-electron chi connectivity index (χ0n) is 5.13. The largest absolute Gasteiger partial charge is 0.411 e. The van der Waals surface area contributed by atoms with Crippen LogP contribution in [0.25, 0.3) is 0 Å². The summed E-state index contributed by atoms with van der Waals surface area (Å²) in [5.41, 5.74) is 0.348. The van der Waals surface area contributed by atoms with E-state index in [1.165, 1.54) is 0 Å². The molecule has 9 heavy (non-hydrogen) atoms. The van der Waals surface area contributed by atoms with E-state index in [9.17, 15) is 4.79 Å². The van der Waals surface area contributed by atoms with E-state index in [1.54, 1.807) is 0 Å². The molecule has 0 saturated heterocycles. The smallest absolute Gasteiger partial charge is 0.180 e. The number of ketones is 1.